The van der Waals surface area contributed by atoms with E-state index in [1.54, 1.807) is 4.90 Å². The van der Waals surface area contributed by atoms with Crippen LogP contribution in [0.1, 0.15) is 43.2 Å². The van der Waals surface area contributed by atoms with Gasteiger partial charge in [0.2, 0.25) is 11.8 Å². The number of amides is 2. The lowest BCUT2D eigenvalue weighted by Crippen LogP contribution is -2.60. The molecule has 1 N–H and O–H groups in total. The normalized spacial score (nSPS) is 16.2. The number of piperidine rings is 1. The number of hydrogen-bond acceptors (Lipinski definition) is 5. The first-order valence-electron chi connectivity index (χ1n) is 12.3. The number of methoxy groups -OCH3 is 1. The summed E-state index contributed by atoms with van der Waals surface area (Å²) < 4.78 is 5.09. The molecular formula is C28H37N3O4. The summed E-state index contributed by atoms with van der Waals surface area (Å²) in [6, 6.07) is 19.6. The fraction of sp³-hybridized carbons (Fsp3) is 0.464. The molecule has 0 saturated carbocycles. The predicted octanol–water partition coefficient (Wildman–Crippen LogP) is 3.01. The van der Waals surface area contributed by atoms with Gasteiger partial charge >= 0.3 is 5.97 Å². The van der Waals surface area contributed by atoms with E-state index in [9.17, 15) is 14.4 Å². The van der Waals surface area contributed by atoms with Gasteiger partial charge in [-0.2, -0.15) is 0 Å². The molecule has 35 heavy (non-hydrogen) atoms. The van der Waals surface area contributed by atoms with E-state index in [1.807, 2.05) is 74.6 Å². The number of hydrogen-bond donors (Lipinski definition) is 1. The van der Waals surface area contributed by atoms with Gasteiger partial charge in [0.15, 0.2) is 0 Å². The van der Waals surface area contributed by atoms with Crippen molar-refractivity contribution in [2.24, 2.45) is 0 Å². The maximum absolute atomic E-state index is 13.1. The first-order valence-corrected chi connectivity index (χ1v) is 12.3. The van der Waals surface area contributed by atoms with Gasteiger partial charge in [-0.15, -0.1) is 0 Å². The second-order valence-electron chi connectivity index (χ2n) is 9.22. The lowest BCUT2D eigenvalue weighted by atomic mass is 9.86. The van der Waals surface area contributed by atoms with Gasteiger partial charge in [0.1, 0.15) is 5.54 Å². The zero-order valence-corrected chi connectivity index (χ0v) is 21.0. The zero-order valence-electron chi connectivity index (χ0n) is 21.0. The molecule has 1 unspecified atom stereocenters. The van der Waals surface area contributed by atoms with Gasteiger partial charge < -0.3 is 19.9 Å². The molecule has 2 amide bonds. The van der Waals surface area contributed by atoms with Crippen molar-refractivity contribution >= 4 is 17.8 Å². The van der Waals surface area contributed by atoms with Gasteiger partial charge in [-0.25, -0.2) is 4.79 Å². The van der Waals surface area contributed by atoms with Gasteiger partial charge in [0, 0.05) is 39.6 Å². The van der Waals surface area contributed by atoms with Crippen molar-refractivity contribution < 1.29 is 19.1 Å². The van der Waals surface area contributed by atoms with E-state index in [1.165, 1.54) is 7.11 Å². The topological polar surface area (TPSA) is 79.0 Å². The van der Waals surface area contributed by atoms with E-state index in [-0.39, 0.29) is 17.7 Å². The summed E-state index contributed by atoms with van der Waals surface area (Å²) in [4.78, 5) is 42.6. The third kappa shape index (κ3) is 6.92. The van der Waals surface area contributed by atoms with Crippen molar-refractivity contribution in [2.45, 2.75) is 44.1 Å². The molecule has 2 aromatic carbocycles. The minimum Gasteiger partial charge on any atom is -0.467 e. The number of esters is 1. The molecule has 0 spiro atoms. The molecule has 0 radical (unpaired) electrons. The van der Waals surface area contributed by atoms with Crippen LogP contribution in [0.2, 0.25) is 0 Å². The highest BCUT2D eigenvalue weighted by atomic mass is 16.5. The van der Waals surface area contributed by atoms with Crippen LogP contribution in [0.25, 0.3) is 0 Å². The van der Waals surface area contributed by atoms with Crippen LogP contribution in [-0.2, 0) is 25.5 Å². The van der Waals surface area contributed by atoms with Crippen LogP contribution in [0.3, 0.4) is 0 Å². The molecule has 2 aromatic rings. The first-order chi connectivity index (χ1) is 16.9. The van der Waals surface area contributed by atoms with Gasteiger partial charge in [0.05, 0.1) is 13.0 Å². The molecule has 1 heterocycles. The van der Waals surface area contributed by atoms with Crippen LogP contribution in [0.4, 0.5) is 0 Å². The van der Waals surface area contributed by atoms with Crippen molar-refractivity contribution in [3.63, 3.8) is 0 Å². The number of carbonyl (C=O) groups excluding carboxylic acids is 3. The SMILES string of the molecule is CCN(C)C(=O)C(CN1CCC(NC(=O)CCc2ccccc2)(C(=O)OC)CC1)c1ccccc1. The van der Waals surface area contributed by atoms with Crippen molar-refractivity contribution in [3.05, 3.63) is 71.8 Å². The number of likely N-dealkylation sites (N-methyl/N-ethyl adjacent to an activating group) is 1. The Bertz CT molecular complexity index is 972. The minimum atomic E-state index is -1.04. The number of rotatable bonds is 10. The molecule has 1 fully saturated rings. The van der Waals surface area contributed by atoms with E-state index < -0.39 is 11.5 Å². The summed E-state index contributed by atoms with van der Waals surface area (Å²) in [7, 11) is 3.18. The van der Waals surface area contributed by atoms with Crippen LogP contribution in [0.15, 0.2) is 60.7 Å². The Kier molecular flexibility index (Phi) is 9.43. The van der Waals surface area contributed by atoms with Gasteiger partial charge in [-0.05, 0) is 37.3 Å². The predicted molar refractivity (Wildman–Crippen MR) is 136 cm³/mol. The van der Waals surface area contributed by atoms with Crippen molar-refractivity contribution in [1.29, 1.82) is 0 Å². The summed E-state index contributed by atoms with van der Waals surface area (Å²) in [5, 5.41) is 2.99. The number of nitrogens with zero attached hydrogens (tertiary/aromatic N) is 2. The standard InChI is InChI=1S/C28H37N3O4/c1-4-30(2)26(33)24(23-13-9-6-10-14-23)21-31-19-17-28(18-20-31,27(34)35-3)29-25(32)16-15-22-11-7-5-8-12-22/h5-14,24H,4,15-21H2,1-3H3,(H,29,32). The average molecular weight is 480 g/mol. The maximum Gasteiger partial charge on any atom is 0.331 e. The average Bonchev–Trinajstić information content (AvgIpc) is 2.91. The van der Waals surface area contributed by atoms with Gasteiger partial charge in [-0.1, -0.05) is 60.7 Å². The summed E-state index contributed by atoms with van der Waals surface area (Å²) in [5.41, 5.74) is 1.03. The summed E-state index contributed by atoms with van der Waals surface area (Å²) >= 11 is 0. The maximum atomic E-state index is 13.1. The molecule has 1 atom stereocenters. The van der Waals surface area contributed by atoms with Crippen LogP contribution in [0, 0.1) is 0 Å². The van der Waals surface area contributed by atoms with Crippen LogP contribution >= 0.6 is 0 Å². The molecule has 1 aliphatic heterocycles. The Balaban J connectivity index is 1.65. The van der Waals surface area contributed by atoms with E-state index in [0.717, 1.165) is 11.1 Å². The van der Waals surface area contributed by atoms with Crippen LogP contribution < -0.4 is 5.32 Å². The van der Waals surface area contributed by atoms with E-state index in [4.69, 9.17) is 4.74 Å². The van der Waals surface area contributed by atoms with Gasteiger partial charge in [0.25, 0.3) is 0 Å². The highest BCUT2D eigenvalue weighted by molar-refractivity contribution is 5.88. The molecule has 7 heteroatoms. The Morgan fingerprint density at radius 3 is 2.20 bits per heavy atom. The molecule has 0 aromatic heterocycles. The van der Waals surface area contributed by atoms with Crippen LogP contribution in [-0.4, -0.2) is 73.5 Å². The first kappa shape index (κ1) is 26.4. The zero-order chi connectivity index (χ0) is 25.3. The number of aryl methyl sites for hydroxylation is 1. The fourth-order valence-electron chi connectivity index (χ4n) is 4.62. The number of likely N-dealkylation sites (tertiary alicyclic amines) is 1. The number of nitrogens with one attached hydrogen (secondary N) is 1. The monoisotopic (exact) mass is 479 g/mol. The van der Waals surface area contributed by atoms with Crippen molar-refractivity contribution in [3.8, 4) is 0 Å². The molecule has 7 nitrogen and oxygen atoms in total. The summed E-state index contributed by atoms with van der Waals surface area (Å²) in [5.74, 6) is -0.772. The molecule has 0 bridgehead atoms. The highest BCUT2D eigenvalue weighted by Gasteiger charge is 2.44. The minimum absolute atomic E-state index is 0.0812. The number of carbonyl (C=O) groups is 3. The second kappa shape index (κ2) is 12.5. The molecule has 1 aliphatic rings. The van der Waals surface area contributed by atoms with Gasteiger partial charge in [-0.3, -0.25) is 9.59 Å². The van der Waals surface area contributed by atoms with E-state index >= 15 is 0 Å². The van der Waals surface area contributed by atoms with E-state index in [2.05, 4.69) is 10.2 Å². The Morgan fingerprint density at radius 2 is 1.63 bits per heavy atom. The fourth-order valence-corrected chi connectivity index (χ4v) is 4.62. The largest absolute Gasteiger partial charge is 0.467 e. The number of ether oxygens (including phenoxy) is 1. The highest BCUT2D eigenvalue weighted by Crippen LogP contribution is 2.27. The molecular weight excluding hydrogens is 442 g/mol. The summed E-state index contributed by atoms with van der Waals surface area (Å²) in [6.07, 6.45) is 1.80. The third-order valence-electron chi connectivity index (χ3n) is 6.94. The third-order valence-corrected chi connectivity index (χ3v) is 6.94. The Morgan fingerprint density at radius 1 is 1.03 bits per heavy atom. The summed E-state index contributed by atoms with van der Waals surface area (Å²) in [6.45, 7) is 4.34. The molecule has 1 saturated heterocycles. The Hall–Kier alpha value is -3.19. The van der Waals surface area contributed by atoms with Crippen molar-refractivity contribution in [2.75, 3.05) is 40.3 Å². The van der Waals surface area contributed by atoms with E-state index in [0.29, 0.717) is 51.9 Å². The molecule has 0 aliphatic carbocycles. The molecule has 188 valence electrons. The van der Waals surface area contributed by atoms with Crippen LogP contribution in [0.5, 0.6) is 0 Å². The molecule has 3 rings (SSSR count). The number of benzene rings is 2. The second-order valence-corrected chi connectivity index (χ2v) is 9.22. The Labute approximate surface area is 208 Å². The quantitative estimate of drug-likeness (QED) is 0.530. The smallest absolute Gasteiger partial charge is 0.331 e. The van der Waals surface area contributed by atoms with Crippen molar-refractivity contribution in [1.82, 2.24) is 15.1 Å². The lowest BCUT2D eigenvalue weighted by Gasteiger charge is -2.41. The lowest BCUT2D eigenvalue weighted by molar-refractivity contribution is -0.153.